The topological polar surface area (TPSA) is 30.9 Å². The molecule has 0 spiro atoms. The molecule has 0 radical (unpaired) electrons. The van der Waals surface area contributed by atoms with E-state index in [1.807, 2.05) is 26.2 Å². The first kappa shape index (κ1) is 9.21. The summed E-state index contributed by atoms with van der Waals surface area (Å²) in [5.41, 5.74) is 7.42. The van der Waals surface area contributed by atoms with Gasteiger partial charge in [-0.15, -0.1) is 0 Å². The molecule has 0 bridgehead atoms. The molecule has 0 aliphatic rings. The summed E-state index contributed by atoms with van der Waals surface area (Å²) in [6.45, 7) is 1.90. The number of rotatable bonds is 1. The number of hydrogen-bond donors (Lipinski definition) is 1. The van der Waals surface area contributed by atoms with Gasteiger partial charge in [0.05, 0.1) is 5.52 Å². The lowest BCUT2D eigenvalue weighted by molar-refractivity contribution is 0.632. The molecule has 0 amide bonds. The molecule has 1 aromatic carbocycles. The third-order valence-electron chi connectivity index (χ3n) is 2.47. The van der Waals surface area contributed by atoms with Crippen molar-refractivity contribution in [2.24, 2.45) is 12.8 Å². The van der Waals surface area contributed by atoms with Crippen LogP contribution in [-0.4, -0.2) is 4.57 Å². The smallest absolute Gasteiger partial charge is 0.147 e. The lowest BCUT2D eigenvalue weighted by atomic mass is 10.1. The first-order chi connectivity index (χ1) is 6.61. The zero-order valence-corrected chi connectivity index (χ0v) is 8.29. The largest absolute Gasteiger partial charge is 0.348 e. The van der Waals surface area contributed by atoms with E-state index in [1.54, 1.807) is 10.6 Å². The van der Waals surface area contributed by atoms with Crippen molar-refractivity contribution in [1.29, 1.82) is 0 Å². The molecule has 14 heavy (non-hydrogen) atoms. The van der Waals surface area contributed by atoms with Crippen LogP contribution in [0.3, 0.4) is 0 Å². The fourth-order valence-electron chi connectivity index (χ4n) is 1.81. The average Bonchev–Trinajstić information content (AvgIpc) is 2.45. The predicted molar refractivity (Wildman–Crippen MR) is 55.5 cm³/mol. The Kier molecular flexibility index (Phi) is 2.04. The number of para-hydroxylation sites is 1. The molecule has 2 nitrogen and oxygen atoms in total. The first-order valence-corrected chi connectivity index (χ1v) is 4.60. The van der Waals surface area contributed by atoms with Gasteiger partial charge >= 0.3 is 0 Å². The van der Waals surface area contributed by atoms with E-state index in [-0.39, 0.29) is 11.9 Å². The summed E-state index contributed by atoms with van der Waals surface area (Å²) in [7, 11) is 1.83. The van der Waals surface area contributed by atoms with E-state index in [9.17, 15) is 4.39 Å². The third kappa shape index (κ3) is 1.21. The van der Waals surface area contributed by atoms with Crippen molar-refractivity contribution in [2.45, 2.75) is 13.0 Å². The second-order valence-corrected chi connectivity index (χ2v) is 3.62. The number of aromatic nitrogens is 1. The van der Waals surface area contributed by atoms with Crippen LogP contribution in [0, 0.1) is 5.82 Å². The number of nitrogens with two attached hydrogens (primary N) is 1. The summed E-state index contributed by atoms with van der Waals surface area (Å²) < 4.78 is 15.2. The first-order valence-electron chi connectivity index (χ1n) is 4.60. The maximum Gasteiger partial charge on any atom is 0.147 e. The van der Waals surface area contributed by atoms with E-state index in [0.29, 0.717) is 5.52 Å². The molecule has 1 heterocycles. The fourth-order valence-corrected chi connectivity index (χ4v) is 1.81. The number of aryl methyl sites for hydroxylation is 1. The molecule has 0 fully saturated rings. The quantitative estimate of drug-likeness (QED) is 0.738. The van der Waals surface area contributed by atoms with Crippen LogP contribution in [-0.2, 0) is 7.05 Å². The number of hydrogen-bond acceptors (Lipinski definition) is 1. The van der Waals surface area contributed by atoms with E-state index in [0.717, 1.165) is 10.9 Å². The Morgan fingerprint density at radius 2 is 2.14 bits per heavy atom. The lowest BCUT2D eigenvalue weighted by Gasteiger charge is -2.01. The van der Waals surface area contributed by atoms with Gasteiger partial charge in [-0.2, -0.15) is 0 Å². The maximum absolute atomic E-state index is 13.5. The summed E-state index contributed by atoms with van der Waals surface area (Å²) >= 11 is 0. The molecule has 0 aliphatic heterocycles. The summed E-state index contributed by atoms with van der Waals surface area (Å²) in [6, 6.07) is 5.01. The van der Waals surface area contributed by atoms with Crippen LogP contribution in [0.4, 0.5) is 4.39 Å². The average molecular weight is 192 g/mol. The number of nitrogens with zero attached hydrogens (tertiary/aromatic N) is 1. The van der Waals surface area contributed by atoms with Gasteiger partial charge in [-0.25, -0.2) is 4.39 Å². The molecule has 2 rings (SSSR count). The minimum atomic E-state index is -0.197. The van der Waals surface area contributed by atoms with E-state index in [4.69, 9.17) is 5.73 Å². The predicted octanol–water partition coefficient (Wildman–Crippen LogP) is 2.34. The third-order valence-corrected chi connectivity index (χ3v) is 2.47. The molecule has 0 saturated carbocycles. The Morgan fingerprint density at radius 1 is 1.43 bits per heavy atom. The molecule has 1 unspecified atom stereocenters. The van der Waals surface area contributed by atoms with Crippen LogP contribution < -0.4 is 5.73 Å². The van der Waals surface area contributed by atoms with Gasteiger partial charge in [-0.05, 0) is 18.6 Å². The van der Waals surface area contributed by atoms with Crippen LogP contribution in [0.5, 0.6) is 0 Å². The van der Waals surface area contributed by atoms with Crippen molar-refractivity contribution in [3.8, 4) is 0 Å². The summed E-state index contributed by atoms with van der Waals surface area (Å²) in [5, 5.41) is 0.905. The SMILES string of the molecule is CC(N)c1cn(C)c2c(F)cccc12. The number of fused-ring (bicyclic) bond motifs is 1. The molecule has 2 N–H and O–H groups in total. The molecule has 0 saturated heterocycles. The monoisotopic (exact) mass is 192 g/mol. The summed E-state index contributed by atoms with van der Waals surface area (Å²) in [4.78, 5) is 0. The van der Waals surface area contributed by atoms with Gasteiger partial charge in [-0.1, -0.05) is 12.1 Å². The number of halogens is 1. The van der Waals surface area contributed by atoms with E-state index in [2.05, 4.69) is 0 Å². The standard InChI is InChI=1S/C11H13FN2/c1-7(13)9-6-14(2)11-8(9)4-3-5-10(11)12/h3-7H,13H2,1-2H3. The van der Waals surface area contributed by atoms with Crippen molar-refractivity contribution in [3.05, 3.63) is 35.8 Å². The van der Waals surface area contributed by atoms with E-state index in [1.165, 1.54) is 6.07 Å². The van der Waals surface area contributed by atoms with Gasteiger partial charge in [0.1, 0.15) is 5.82 Å². The summed E-state index contributed by atoms with van der Waals surface area (Å²) in [6.07, 6.45) is 1.89. The highest BCUT2D eigenvalue weighted by Crippen LogP contribution is 2.26. The molecular weight excluding hydrogens is 179 g/mol. The van der Waals surface area contributed by atoms with Gasteiger partial charge in [0.15, 0.2) is 0 Å². The molecule has 1 atom stereocenters. The van der Waals surface area contributed by atoms with Gasteiger partial charge in [0.25, 0.3) is 0 Å². The minimum Gasteiger partial charge on any atom is -0.348 e. The Labute approximate surface area is 82.1 Å². The Morgan fingerprint density at radius 3 is 2.79 bits per heavy atom. The van der Waals surface area contributed by atoms with Gasteiger partial charge < -0.3 is 10.3 Å². The zero-order chi connectivity index (χ0) is 10.3. The Bertz CT molecular complexity index is 471. The molecule has 1 aromatic heterocycles. The van der Waals surface area contributed by atoms with Gasteiger partial charge in [0, 0.05) is 24.7 Å². The molecule has 0 aliphatic carbocycles. The van der Waals surface area contributed by atoms with E-state index < -0.39 is 0 Å². The molecule has 74 valence electrons. The van der Waals surface area contributed by atoms with Crippen molar-refractivity contribution in [1.82, 2.24) is 4.57 Å². The Hall–Kier alpha value is -1.35. The highest BCUT2D eigenvalue weighted by Gasteiger charge is 2.12. The van der Waals surface area contributed by atoms with E-state index >= 15 is 0 Å². The number of benzene rings is 1. The van der Waals surface area contributed by atoms with Crippen molar-refractivity contribution in [2.75, 3.05) is 0 Å². The van der Waals surface area contributed by atoms with Crippen LogP contribution in [0.2, 0.25) is 0 Å². The Balaban J connectivity index is 2.84. The lowest BCUT2D eigenvalue weighted by Crippen LogP contribution is -2.03. The second kappa shape index (κ2) is 3.10. The van der Waals surface area contributed by atoms with Crippen molar-refractivity contribution >= 4 is 10.9 Å². The van der Waals surface area contributed by atoms with Crippen LogP contribution in [0.1, 0.15) is 18.5 Å². The minimum absolute atomic E-state index is 0.0690. The second-order valence-electron chi connectivity index (χ2n) is 3.62. The highest BCUT2D eigenvalue weighted by molar-refractivity contribution is 5.84. The van der Waals surface area contributed by atoms with Crippen LogP contribution in [0.15, 0.2) is 24.4 Å². The summed E-state index contributed by atoms with van der Waals surface area (Å²) in [5.74, 6) is -0.197. The van der Waals surface area contributed by atoms with Crippen LogP contribution >= 0.6 is 0 Å². The fraction of sp³-hybridized carbons (Fsp3) is 0.273. The molecular formula is C11H13FN2. The van der Waals surface area contributed by atoms with Crippen LogP contribution in [0.25, 0.3) is 10.9 Å². The van der Waals surface area contributed by atoms with Gasteiger partial charge in [-0.3, -0.25) is 0 Å². The molecule has 3 heteroatoms. The van der Waals surface area contributed by atoms with Crippen molar-refractivity contribution < 1.29 is 4.39 Å². The zero-order valence-electron chi connectivity index (χ0n) is 8.29. The van der Waals surface area contributed by atoms with Crippen molar-refractivity contribution in [3.63, 3.8) is 0 Å². The maximum atomic E-state index is 13.5. The highest BCUT2D eigenvalue weighted by atomic mass is 19.1. The van der Waals surface area contributed by atoms with Gasteiger partial charge in [0.2, 0.25) is 0 Å². The molecule has 2 aromatic rings. The normalized spacial score (nSPS) is 13.4.